The Morgan fingerprint density at radius 3 is 2.53 bits per heavy atom. The van der Waals surface area contributed by atoms with Crippen LogP contribution in [0.15, 0.2) is 83.1 Å². The second-order valence-corrected chi connectivity index (χ2v) is 10.5. The zero-order chi connectivity index (χ0) is 27.7. The van der Waals surface area contributed by atoms with Crippen LogP contribution in [0.2, 0.25) is 0 Å². The largest absolute Gasteiger partial charge is 0.507 e. The standard InChI is InChI=1S/C31H33NO6/c1-5-6-13-32-18-23-22(17-30(2,3)37)15-24-27(29(36)38-31(24,4)28(23)35)26(34)16-25(33)21-12-11-19-9-7-8-10-20(19)14-21/h7-12,14-16,18,32-33,37H,5-6,13,17H2,1-4H3/b23-18-,25-16-. The van der Waals surface area contributed by atoms with Crippen molar-refractivity contribution < 1.29 is 29.3 Å². The minimum absolute atomic E-state index is 0.119. The second kappa shape index (κ2) is 10.4. The Balaban J connectivity index is 1.77. The highest BCUT2D eigenvalue weighted by Gasteiger charge is 2.54. The van der Waals surface area contributed by atoms with E-state index in [9.17, 15) is 24.6 Å². The average molecular weight is 516 g/mol. The molecule has 2 aromatic rings. The van der Waals surface area contributed by atoms with E-state index in [4.69, 9.17) is 4.74 Å². The van der Waals surface area contributed by atoms with Crippen molar-refractivity contribution in [3.8, 4) is 0 Å². The molecule has 2 aromatic carbocycles. The van der Waals surface area contributed by atoms with Crippen molar-refractivity contribution in [2.45, 2.75) is 58.2 Å². The molecule has 1 aliphatic heterocycles. The first-order valence-electron chi connectivity index (χ1n) is 12.8. The molecule has 1 aliphatic carbocycles. The number of unbranched alkanes of at least 4 members (excludes halogenated alkanes) is 1. The second-order valence-electron chi connectivity index (χ2n) is 10.5. The third kappa shape index (κ3) is 5.34. The van der Waals surface area contributed by atoms with Crippen molar-refractivity contribution in [2.75, 3.05) is 6.54 Å². The first-order chi connectivity index (χ1) is 17.9. The van der Waals surface area contributed by atoms with Crippen molar-refractivity contribution >= 4 is 34.1 Å². The number of aliphatic hydroxyl groups is 2. The van der Waals surface area contributed by atoms with Crippen LogP contribution in [0.4, 0.5) is 0 Å². The highest BCUT2D eigenvalue weighted by atomic mass is 16.6. The molecular weight excluding hydrogens is 482 g/mol. The predicted octanol–water partition coefficient (Wildman–Crippen LogP) is 4.86. The summed E-state index contributed by atoms with van der Waals surface area (Å²) in [4.78, 5) is 39.9. The van der Waals surface area contributed by atoms with Gasteiger partial charge in [-0.25, -0.2) is 4.79 Å². The maximum absolute atomic E-state index is 13.7. The minimum Gasteiger partial charge on any atom is -0.507 e. The van der Waals surface area contributed by atoms with Gasteiger partial charge in [0.05, 0.1) is 5.60 Å². The lowest BCUT2D eigenvalue weighted by Gasteiger charge is -2.32. The number of ether oxygens (including phenoxy) is 1. The number of hydrogen-bond acceptors (Lipinski definition) is 7. The fraction of sp³-hybridized carbons (Fsp3) is 0.323. The van der Waals surface area contributed by atoms with Gasteiger partial charge in [-0.05, 0) is 55.7 Å². The lowest BCUT2D eigenvalue weighted by molar-refractivity contribution is -0.153. The monoisotopic (exact) mass is 515 g/mol. The molecule has 4 rings (SSSR count). The van der Waals surface area contributed by atoms with Gasteiger partial charge >= 0.3 is 5.97 Å². The molecule has 0 saturated heterocycles. The fourth-order valence-electron chi connectivity index (χ4n) is 4.76. The summed E-state index contributed by atoms with van der Waals surface area (Å²) < 4.78 is 5.51. The number of allylic oxidation sites excluding steroid dienone is 1. The Morgan fingerprint density at radius 1 is 1.13 bits per heavy atom. The fourth-order valence-corrected chi connectivity index (χ4v) is 4.76. The smallest absolute Gasteiger partial charge is 0.343 e. The Bertz CT molecular complexity index is 1440. The molecule has 0 aromatic heterocycles. The number of hydrogen-bond donors (Lipinski definition) is 3. The van der Waals surface area contributed by atoms with E-state index in [0.717, 1.165) is 29.7 Å². The van der Waals surface area contributed by atoms with E-state index < -0.39 is 28.7 Å². The molecule has 1 unspecified atom stereocenters. The molecule has 0 bridgehead atoms. The predicted molar refractivity (Wildman–Crippen MR) is 146 cm³/mol. The number of esters is 1. The number of benzene rings is 2. The van der Waals surface area contributed by atoms with Gasteiger partial charge in [-0.15, -0.1) is 0 Å². The van der Waals surface area contributed by atoms with Gasteiger partial charge in [-0.1, -0.05) is 49.7 Å². The van der Waals surface area contributed by atoms with Crippen LogP contribution < -0.4 is 5.32 Å². The molecule has 0 fully saturated rings. The van der Waals surface area contributed by atoms with Crippen molar-refractivity contribution in [2.24, 2.45) is 0 Å². The maximum Gasteiger partial charge on any atom is 0.343 e. The molecule has 1 heterocycles. The zero-order valence-corrected chi connectivity index (χ0v) is 22.1. The lowest BCUT2D eigenvalue weighted by atomic mass is 9.75. The van der Waals surface area contributed by atoms with Crippen LogP contribution in [-0.2, 0) is 19.1 Å². The van der Waals surface area contributed by atoms with Gasteiger partial charge in [0.25, 0.3) is 0 Å². The van der Waals surface area contributed by atoms with Crippen LogP contribution in [-0.4, -0.2) is 45.5 Å². The van der Waals surface area contributed by atoms with Crippen LogP contribution in [0.5, 0.6) is 0 Å². The number of ketones is 2. The summed E-state index contributed by atoms with van der Waals surface area (Å²) >= 11 is 0. The summed E-state index contributed by atoms with van der Waals surface area (Å²) in [6.07, 6.45) is 6.16. The molecule has 0 amide bonds. The van der Waals surface area contributed by atoms with Gasteiger partial charge in [0.2, 0.25) is 5.78 Å². The minimum atomic E-state index is -1.68. The van der Waals surface area contributed by atoms with Gasteiger partial charge in [0.1, 0.15) is 11.3 Å². The van der Waals surface area contributed by atoms with Crippen LogP contribution in [0.1, 0.15) is 52.5 Å². The first kappa shape index (κ1) is 27.1. The van der Waals surface area contributed by atoms with Crippen molar-refractivity contribution in [3.05, 3.63) is 88.7 Å². The lowest BCUT2D eigenvalue weighted by Crippen LogP contribution is -2.42. The van der Waals surface area contributed by atoms with Crippen LogP contribution in [0, 0.1) is 0 Å². The molecule has 38 heavy (non-hydrogen) atoms. The molecule has 2 aliphatic rings. The number of carbonyl (C=O) groups is 3. The van der Waals surface area contributed by atoms with Crippen LogP contribution in [0.3, 0.4) is 0 Å². The van der Waals surface area contributed by atoms with E-state index in [2.05, 4.69) is 12.2 Å². The Kier molecular flexibility index (Phi) is 7.42. The van der Waals surface area contributed by atoms with Crippen molar-refractivity contribution in [1.82, 2.24) is 5.32 Å². The summed E-state index contributed by atoms with van der Waals surface area (Å²) in [6.45, 7) is 7.42. The summed E-state index contributed by atoms with van der Waals surface area (Å²) in [5.41, 5.74) is -1.81. The van der Waals surface area contributed by atoms with Gasteiger partial charge in [0.15, 0.2) is 11.4 Å². The third-order valence-electron chi connectivity index (χ3n) is 6.73. The van der Waals surface area contributed by atoms with Crippen molar-refractivity contribution in [1.29, 1.82) is 0 Å². The highest BCUT2D eigenvalue weighted by Crippen LogP contribution is 2.44. The SMILES string of the molecule is CCCCN/C=C1\C(=O)C2(C)OC(=O)C(C(=O)/C=C(\O)c3ccc4ccccc4c3)=C2C=C1CC(C)(C)O. The quantitative estimate of drug-likeness (QED) is 0.144. The molecule has 1 atom stereocenters. The number of fused-ring (bicyclic) bond motifs is 2. The van der Waals surface area contributed by atoms with Crippen LogP contribution >= 0.6 is 0 Å². The van der Waals surface area contributed by atoms with Gasteiger partial charge in [0, 0.05) is 42.0 Å². The Labute approximate surface area is 222 Å². The number of Topliss-reactive ketones (excluding diaryl/α,β-unsaturated/α-hetero) is 1. The Hall–Kier alpha value is -3.97. The number of nitrogens with one attached hydrogen (secondary N) is 1. The number of rotatable bonds is 9. The van der Waals surface area contributed by atoms with E-state index in [1.807, 2.05) is 30.3 Å². The summed E-state index contributed by atoms with van der Waals surface area (Å²) in [5, 5.41) is 26.2. The summed E-state index contributed by atoms with van der Waals surface area (Å²) in [6, 6.07) is 12.9. The third-order valence-corrected chi connectivity index (χ3v) is 6.73. The molecule has 0 spiro atoms. The normalized spacial score (nSPS) is 21.0. The molecule has 0 radical (unpaired) electrons. The molecular formula is C31H33NO6. The number of carbonyl (C=O) groups excluding carboxylic acids is 3. The summed E-state index contributed by atoms with van der Waals surface area (Å²) in [5.74, 6) is -2.47. The van der Waals surface area contributed by atoms with Gasteiger partial charge in [-0.2, -0.15) is 0 Å². The van der Waals surface area contributed by atoms with E-state index in [1.165, 1.54) is 6.92 Å². The molecule has 3 N–H and O–H groups in total. The van der Waals surface area contributed by atoms with Gasteiger partial charge < -0.3 is 20.3 Å². The van der Waals surface area contributed by atoms with E-state index in [0.29, 0.717) is 23.3 Å². The highest BCUT2D eigenvalue weighted by molar-refractivity contribution is 6.28. The maximum atomic E-state index is 13.7. The molecule has 7 heteroatoms. The van der Waals surface area contributed by atoms with Crippen molar-refractivity contribution in [3.63, 3.8) is 0 Å². The summed E-state index contributed by atoms with van der Waals surface area (Å²) in [7, 11) is 0. The Morgan fingerprint density at radius 2 is 1.84 bits per heavy atom. The van der Waals surface area contributed by atoms with E-state index >= 15 is 0 Å². The first-order valence-corrected chi connectivity index (χ1v) is 12.8. The molecule has 0 saturated carbocycles. The topological polar surface area (TPSA) is 113 Å². The average Bonchev–Trinajstić information content (AvgIpc) is 3.12. The van der Waals surface area contributed by atoms with Crippen LogP contribution in [0.25, 0.3) is 16.5 Å². The number of aliphatic hydroxyl groups excluding tert-OH is 1. The van der Waals surface area contributed by atoms with E-state index in [-0.39, 0.29) is 23.3 Å². The molecule has 198 valence electrons. The molecule has 7 nitrogen and oxygen atoms in total. The van der Waals surface area contributed by atoms with E-state index in [1.54, 1.807) is 38.3 Å². The zero-order valence-electron chi connectivity index (χ0n) is 22.1. The van der Waals surface area contributed by atoms with Gasteiger partial charge in [-0.3, -0.25) is 9.59 Å².